The normalized spacial score (nSPS) is 16.6. The largest absolute Gasteiger partial charge is 0.364 e. The zero-order chi connectivity index (χ0) is 20.3. The van der Waals surface area contributed by atoms with Gasteiger partial charge >= 0.3 is 0 Å². The van der Waals surface area contributed by atoms with Gasteiger partial charge in [0.2, 0.25) is 11.7 Å². The van der Waals surface area contributed by atoms with Crippen molar-refractivity contribution in [2.75, 3.05) is 18.0 Å². The minimum Gasteiger partial charge on any atom is -0.364 e. The van der Waals surface area contributed by atoms with Gasteiger partial charge < -0.3 is 14.8 Å². The van der Waals surface area contributed by atoms with Gasteiger partial charge in [0.1, 0.15) is 5.69 Å². The molecule has 9 heteroatoms. The molecule has 0 aliphatic carbocycles. The smallest absolute Gasteiger partial charge is 0.293 e. The summed E-state index contributed by atoms with van der Waals surface area (Å²) in [6.45, 7) is 2.95. The number of piperidine rings is 1. The van der Waals surface area contributed by atoms with Crippen molar-refractivity contribution in [1.82, 2.24) is 14.9 Å². The summed E-state index contributed by atoms with van der Waals surface area (Å²) in [7, 11) is 1.70. The molecule has 1 N–H and O–H groups in total. The van der Waals surface area contributed by atoms with Crippen molar-refractivity contribution in [2.45, 2.75) is 32.2 Å². The fourth-order valence-corrected chi connectivity index (χ4v) is 3.44. The Hall–Kier alpha value is -3.23. The highest BCUT2D eigenvalue weighted by atomic mass is 16.6. The van der Waals surface area contributed by atoms with Crippen molar-refractivity contribution in [1.29, 1.82) is 0 Å². The Labute approximate surface area is 162 Å². The summed E-state index contributed by atoms with van der Waals surface area (Å²) in [6.07, 6.45) is 5.22. The number of imidazole rings is 1. The number of nitro groups is 1. The molecule has 0 radical (unpaired) electrons. The lowest BCUT2D eigenvalue weighted by atomic mass is 10.0. The van der Waals surface area contributed by atoms with E-state index in [2.05, 4.69) is 10.3 Å². The Morgan fingerprint density at radius 3 is 2.82 bits per heavy atom. The van der Waals surface area contributed by atoms with Crippen LogP contribution in [0.25, 0.3) is 0 Å². The first-order chi connectivity index (χ1) is 13.4. The summed E-state index contributed by atoms with van der Waals surface area (Å²) < 4.78 is 1.58. The number of benzene rings is 1. The third kappa shape index (κ3) is 4.03. The molecule has 1 aromatic carbocycles. The number of nitrogens with one attached hydrogen (secondary N) is 1. The summed E-state index contributed by atoms with van der Waals surface area (Å²) in [5, 5.41) is 14.6. The molecule has 1 aliphatic rings. The van der Waals surface area contributed by atoms with Gasteiger partial charge in [0.05, 0.1) is 4.92 Å². The second kappa shape index (κ2) is 8.20. The quantitative estimate of drug-likeness (QED) is 0.463. The van der Waals surface area contributed by atoms with E-state index in [1.807, 2.05) is 4.90 Å². The molecule has 148 valence electrons. The van der Waals surface area contributed by atoms with Crippen LogP contribution in [0.4, 0.5) is 11.4 Å². The van der Waals surface area contributed by atoms with Gasteiger partial charge in [-0.1, -0.05) is 6.92 Å². The van der Waals surface area contributed by atoms with E-state index in [0.717, 1.165) is 12.8 Å². The standard InChI is InChI=1S/C19H23N5O4/c1-3-17(25)21-14-5-4-9-23(12-14)15-7-6-13(11-16(15)24(27)28)18(26)19-20-8-10-22(19)2/h6-8,10-11,14H,3-5,9,12H2,1-2H3,(H,21,25). The number of aryl methyl sites for hydroxylation is 1. The molecule has 0 spiro atoms. The van der Waals surface area contributed by atoms with E-state index >= 15 is 0 Å². The average molecular weight is 385 g/mol. The number of anilines is 1. The number of hydrogen-bond donors (Lipinski definition) is 1. The topological polar surface area (TPSA) is 110 Å². The molecule has 3 rings (SSSR count). The minimum atomic E-state index is -0.473. The number of nitrogens with zero attached hydrogens (tertiary/aromatic N) is 4. The van der Waals surface area contributed by atoms with Crippen LogP contribution in [0.15, 0.2) is 30.6 Å². The lowest BCUT2D eigenvalue weighted by Gasteiger charge is -2.34. The maximum absolute atomic E-state index is 12.6. The number of carbonyl (C=O) groups is 2. The number of hydrogen-bond acceptors (Lipinski definition) is 6. The molecule has 1 aromatic heterocycles. The van der Waals surface area contributed by atoms with Gasteiger partial charge in [0, 0.05) is 56.6 Å². The molecule has 0 bridgehead atoms. The number of nitro benzene ring substituents is 1. The monoisotopic (exact) mass is 385 g/mol. The van der Waals surface area contributed by atoms with Crippen LogP contribution in [0.3, 0.4) is 0 Å². The molecule has 0 saturated carbocycles. The second-order valence-corrected chi connectivity index (χ2v) is 6.86. The molecular formula is C19H23N5O4. The van der Waals surface area contributed by atoms with E-state index in [4.69, 9.17) is 0 Å². The maximum Gasteiger partial charge on any atom is 0.293 e. The molecule has 28 heavy (non-hydrogen) atoms. The van der Waals surface area contributed by atoms with E-state index in [1.165, 1.54) is 12.3 Å². The highest BCUT2D eigenvalue weighted by molar-refractivity contribution is 6.07. The second-order valence-electron chi connectivity index (χ2n) is 6.86. The number of amides is 1. The van der Waals surface area contributed by atoms with Crippen molar-refractivity contribution in [2.24, 2.45) is 7.05 Å². The molecule has 2 aromatic rings. The number of aromatic nitrogens is 2. The minimum absolute atomic E-state index is 0.0302. The Bertz CT molecular complexity index is 907. The molecule has 1 atom stereocenters. The van der Waals surface area contributed by atoms with Crippen molar-refractivity contribution in [3.8, 4) is 0 Å². The molecular weight excluding hydrogens is 362 g/mol. The zero-order valence-electron chi connectivity index (χ0n) is 15.9. The predicted molar refractivity (Wildman–Crippen MR) is 103 cm³/mol. The Kier molecular flexibility index (Phi) is 5.72. The van der Waals surface area contributed by atoms with Crippen molar-refractivity contribution in [3.05, 3.63) is 52.1 Å². The first-order valence-corrected chi connectivity index (χ1v) is 9.25. The Balaban J connectivity index is 1.87. The van der Waals surface area contributed by atoms with Gasteiger partial charge in [-0.05, 0) is 25.0 Å². The molecule has 1 aliphatic heterocycles. The van der Waals surface area contributed by atoms with Crippen LogP contribution < -0.4 is 10.2 Å². The van der Waals surface area contributed by atoms with E-state index in [9.17, 15) is 19.7 Å². The summed E-state index contributed by atoms with van der Waals surface area (Å²) in [4.78, 5) is 41.4. The van der Waals surface area contributed by atoms with Crippen LogP contribution in [-0.4, -0.2) is 45.3 Å². The molecule has 1 saturated heterocycles. The third-order valence-corrected chi connectivity index (χ3v) is 4.91. The highest BCUT2D eigenvalue weighted by Crippen LogP contribution is 2.32. The number of ketones is 1. The van der Waals surface area contributed by atoms with Gasteiger partial charge in [0.25, 0.3) is 5.69 Å². The van der Waals surface area contributed by atoms with Gasteiger partial charge in [0.15, 0.2) is 5.82 Å². The van der Waals surface area contributed by atoms with E-state index in [1.54, 1.807) is 36.9 Å². The van der Waals surface area contributed by atoms with Crippen LogP contribution in [0, 0.1) is 10.1 Å². The first-order valence-electron chi connectivity index (χ1n) is 9.25. The van der Waals surface area contributed by atoms with Gasteiger partial charge in [-0.15, -0.1) is 0 Å². The first kappa shape index (κ1) is 19.5. The molecule has 1 amide bonds. The Morgan fingerprint density at radius 2 is 2.18 bits per heavy atom. The molecule has 1 fully saturated rings. The van der Waals surface area contributed by atoms with Crippen molar-refractivity contribution in [3.63, 3.8) is 0 Å². The van der Waals surface area contributed by atoms with Crippen LogP contribution in [0.5, 0.6) is 0 Å². The van der Waals surface area contributed by atoms with Gasteiger partial charge in [-0.25, -0.2) is 4.98 Å². The van der Waals surface area contributed by atoms with E-state index in [-0.39, 0.29) is 34.8 Å². The van der Waals surface area contributed by atoms with Crippen LogP contribution in [0.1, 0.15) is 42.4 Å². The van der Waals surface area contributed by atoms with Gasteiger partial charge in [-0.2, -0.15) is 0 Å². The lowest BCUT2D eigenvalue weighted by molar-refractivity contribution is -0.384. The van der Waals surface area contributed by atoms with E-state index in [0.29, 0.717) is 25.2 Å². The summed E-state index contributed by atoms with van der Waals surface area (Å²) >= 11 is 0. The fraction of sp³-hybridized carbons (Fsp3) is 0.421. The Morgan fingerprint density at radius 1 is 1.39 bits per heavy atom. The molecule has 2 heterocycles. The summed E-state index contributed by atoms with van der Waals surface area (Å²) in [5.74, 6) is -0.173. The molecule has 1 unspecified atom stereocenters. The van der Waals surface area contributed by atoms with Crippen LogP contribution in [-0.2, 0) is 11.8 Å². The average Bonchev–Trinajstić information content (AvgIpc) is 3.12. The van der Waals surface area contributed by atoms with Gasteiger partial charge in [-0.3, -0.25) is 19.7 Å². The number of rotatable bonds is 6. The predicted octanol–water partition coefficient (Wildman–Crippen LogP) is 2.05. The van der Waals surface area contributed by atoms with Crippen molar-refractivity contribution >= 4 is 23.1 Å². The fourth-order valence-electron chi connectivity index (χ4n) is 3.44. The van der Waals surface area contributed by atoms with Crippen molar-refractivity contribution < 1.29 is 14.5 Å². The zero-order valence-corrected chi connectivity index (χ0v) is 15.9. The number of carbonyl (C=O) groups excluding carboxylic acids is 2. The van der Waals surface area contributed by atoms with Crippen LogP contribution in [0.2, 0.25) is 0 Å². The highest BCUT2D eigenvalue weighted by Gasteiger charge is 2.27. The third-order valence-electron chi connectivity index (χ3n) is 4.91. The summed E-state index contributed by atoms with van der Waals surface area (Å²) in [5.41, 5.74) is 0.553. The lowest BCUT2D eigenvalue weighted by Crippen LogP contribution is -2.47. The van der Waals surface area contributed by atoms with E-state index < -0.39 is 4.92 Å². The maximum atomic E-state index is 12.6. The SMILES string of the molecule is CCC(=O)NC1CCCN(c2ccc(C(=O)c3nccn3C)cc2[N+](=O)[O-])C1. The van der Waals surface area contributed by atoms with Crippen LogP contribution >= 0.6 is 0 Å². The summed E-state index contributed by atoms with van der Waals surface area (Å²) in [6, 6.07) is 4.46. The molecule has 9 nitrogen and oxygen atoms in total.